The number of benzene rings is 1. The van der Waals surface area contributed by atoms with Crippen LogP contribution in [-0.2, 0) is 15.0 Å². The second kappa shape index (κ2) is 5.73. The Morgan fingerprint density at radius 1 is 1.21 bits per heavy atom. The summed E-state index contributed by atoms with van der Waals surface area (Å²) in [7, 11) is 0. The van der Waals surface area contributed by atoms with Gasteiger partial charge < -0.3 is 15.5 Å². The average molecular weight is 265 g/mol. The van der Waals surface area contributed by atoms with Crippen molar-refractivity contribution in [3.8, 4) is 0 Å². The minimum atomic E-state index is -1.17. The Labute approximate surface area is 112 Å². The summed E-state index contributed by atoms with van der Waals surface area (Å²) in [5.41, 5.74) is 1.45. The van der Waals surface area contributed by atoms with Gasteiger partial charge in [0.15, 0.2) is 0 Å². The molecule has 0 saturated carbocycles. The first-order chi connectivity index (χ1) is 8.71. The van der Waals surface area contributed by atoms with Gasteiger partial charge in [0.25, 0.3) is 0 Å². The van der Waals surface area contributed by atoms with Gasteiger partial charge in [-0.3, -0.25) is 4.79 Å². The van der Waals surface area contributed by atoms with E-state index in [0.29, 0.717) is 5.69 Å². The van der Waals surface area contributed by atoms with E-state index < -0.39 is 24.4 Å². The highest BCUT2D eigenvalue weighted by atomic mass is 16.4. The van der Waals surface area contributed by atoms with Crippen molar-refractivity contribution in [1.29, 1.82) is 0 Å². The van der Waals surface area contributed by atoms with Crippen molar-refractivity contribution in [1.82, 2.24) is 0 Å². The van der Waals surface area contributed by atoms with Gasteiger partial charge in [0.05, 0.1) is 6.42 Å². The molecule has 0 bridgehead atoms. The lowest BCUT2D eigenvalue weighted by Gasteiger charge is -2.25. The van der Waals surface area contributed by atoms with E-state index >= 15 is 0 Å². The van der Waals surface area contributed by atoms with Crippen molar-refractivity contribution in [3.63, 3.8) is 0 Å². The summed E-state index contributed by atoms with van der Waals surface area (Å²) in [6.45, 7) is 6.04. The third-order valence-electron chi connectivity index (χ3n) is 2.74. The molecule has 0 radical (unpaired) electrons. The number of hydrogen-bond acceptors (Lipinski definition) is 3. The summed E-state index contributed by atoms with van der Waals surface area (Å²) in [6.07, 6.45) is -0.464. The third-order valence-corrected chi connectivity index (χ3v) is 2.74. The van der Waals surface area contributed by atoms with Gasteiger partial charge in [-0.2, -0.15) is 0 Å². The summed E-state index contributed by atoms with van der Waals surface area (Å²) in [6, 6.07) is 6.19. The van der Waals surface area contributed by atoms with Crippen molar-refractivity contribution in [3.05, 3.63) is 29.8 Å². The Kier molecular flexibility index (Phi) is 4.53. The number of rotatable bonds is 5. The molecule has 3 N–H and O–H groups in total. The summed E-state index contributed by atoms with van der Waals surface area (Å²) >= 11 is 0. The lowest BCUT2D eigenvalue weighted by molar-refractivity contribution is -0.144. The Hall–Kier alpha value is -2.04. The lowest BCUT2D eigenvalue weighted by atomic mass is 9.85. The maximum atomic E-state index is 11.1. The molecule has 5 nitrogen and oxygen atoms in total. The van der Waals surface area contributed by atoms with E-state index in [2.05, 4.69) is 5.32 Å². The monoisotopic (exact) mass is 265 g/mol. The topological polar surface area (TPSA) is 86.6 Å². The van der Waals surface area contributed by atoms with E-state index in [9.17, 15) is 9.59 Å². The SMILES string of the molecule is CC(C)(C)c1ccccc1NC(CC(=O)O)C(=O)O. The van der Waals surface area contributed by atoms with Gasteiger partial charge in [-0.25, -0.2) is 4.79 Å². The van der Waals surface area contributed by atoms with Crippen LogP contribution in [0.25, 0.3) is 0 Å². The number of anilines is 1. The number of aliphatic carboxylic acids is 2. The van der Waals surface area contributed by atoms with Gasteiger partial charge in [-0.05, 0) is 17.0 Å². The van der Waals surface area contributed by atoms with Crippen LogP contribution in [-0.4, -0.2) is 28.2 Å². The van der Waals surface area contributed by atoms with Crippen LogP contribution in [0.4, 0.5) is 5.69 Å². The van der Waals surface area contributed by atoms with Crippen LogP contribution in [0.3, 0.4) is 0 Å². The van der Waals surface area contributed by atoms with E-state index in [4.69, 9.17) is 10.2 Å². The van der Waals surface area contributed by atoms with E-state index in [1.54, 1.807) is 12.1 Å². The van der Waals surface area contributed by atoms with Gasteiger partial charge >= 0.3 is 11.9 Å². The van der Waals surface area contributed by atoms with Gasteiger partial charge in [0.1, 0.15) is 6.04 Å². The summed E-state index contributed by atoms with van der Waals surface area (Å²) < 4.78 is 0. The summed E-state index contributed by atoms with van der Waals surface area (Å²) in [4.78, 5) is 21.8. The maximum absolute atomic E-state index is 11.1. The maximum Gasteiger partial charge on any atom is 0.326 e. The Balaban J connectivity index is 3.03. The van der Waals surface area contributed by atoms with Crippen molar-refractivity contribution in [2.75, 3.05) is 5.32 Å². The molecule has 1 unspecified atom stereocenters. The van der Waals surface area contributed by atoms with Gasteiger partial charge in [0, 0.05) is 5.69 Å². The predicted octanol–water partition coefficient (Wildman–Crippen LogP) is 2.32. The zero-order valence-corrected chi connectivity index (χ0v) is 11.3. The van der Waals surface area contributed by atoms with Crippen LogP contribution < -0.4 is 5.32 Å². The first kappa shape index (κ1) is 15.0. The smallest absolute Gasteiger partial charge is 0.326 e. The molecule has 1 aromatic carbocycles. The molecule has 0 amide bonds. The normalized spacial score (nSPS) is 12.8. The molecule has 1 rings (SSSR count). The van der Waals surface area contributed by atoms with Crippen molar-refractivity contribution >= 4 is 17.6 Å². The highest BCUT2D eigenvalue weighted by Crippen LogP contribution is 2.29. The molecule has 0 fully saturated rings. The fraction of sp³-hybridized carbons (Fsp3) is 0.429. The zero-order valence-electron chi connectivity index (χ0n) is 11.3. The molecule has 0 aliphatic carbocycles. The highest BCUT2D eigenvalue weighted by Gasteiger charge is 2.24. The average Bonchev–Trinajstić information content (AvgIpc) is 2.26. The fourth-order valence-corrected chi connectivity index (χ4v) is 1.83. The van der Waals surface area contributed by atoms with Crippen LogP contribution in [0.15, 0.2) is 24.3 Å². The quantitative estimate of drug-likeness (QED) is 0.760. The zero-order chi connectivity index (χ0) is 14.6. The molecular formula is C14H19NO4. The molecule has 0 heterocycles. The molecule has 5 heteroatoms. The molecule has 1 atom stereocenters. The molecule has 0 spiro atoms. The number of carboxylic acids is 2. The predicted molar refractivity (Wildman–Crippen MR) is 72.4 cm³/mol. The number of hydrogen-bond donors (Lipinski definition) is 3. The molecule has 1 aromatic rings. The van der Waals surface area contributed by atoms with Gasteiger partial charge in [-0.1, -0.05) is 39.0 Å². The number of para-hydroxylation sites is 1. The van der Waals surface area contributed by atoms with E-state index in [0.717, 1.165) is 5.56 Å². The largest absolute Gasteiger partial charge is 0.481 e. The first-order valence-corrected chi connectivity index (χ1v) is 6.02. The molecule has 0 aliphatic heterocycles. The van der Waals surface area contributed by atoms with Crippen molar-refractivity contribution < 1.29 is 19.8 Å². The molecule has 0 saturated heterocycles. The van der Waals surface area contributed by atoms with Gasteiger partial charge in [-0.15, -0.1) is 0 Å². The second-order valence-electron chi connectivity index (χ2n) is 5.43. The molecule has 0 aromatic heterocycles. The number of carbonyl (C=O) groups is 2. The molecule has 0 aliphatic rings. The van der Waals surface area contributed by atoms with Crippen LogP contribution >= 0.6 is 0 Å². The van der Waals surface area contributed by atoms with Crippen LogP contribution in [0.5, 0.6) is 0 Å². The number of nitrogens with one attached hydrogen (secondary N) is 1. The van der Waals surface area contributed by atoms with Crippen LogP contribution in [0.2, 0.25) is 0 Å². The Morgan fingerprint density at radius 2 is 1.79 bits per heavy atom. The lowest BCUT2D eigenvalue weighted by Crippen LogP contribution is -2.32. The molecule has 104 valence electrons. The molecular weight excluding hydrogens is 246 g/mol. The van der Waals surface area contributed by atoms with E-state index in [1.807, 2.05) is 32.9 Å². The number of carboxylic acid groups (broad SMARTS) is 2. The van der Waals surface area contributed by atoms with E-state index in [1.165, 1.54) is 0 Å². The van der Waals surface area contributed by atoms with Crippen LogP contribution in [0, 0.1) is 0 Å². The first-order valence-electron chi connectivity index (χ1n) is 6.02. The van der Waals surface area contributed by atoms with E-state index in [-0.39, 0.29) is 5.41 Å². The standard InChI is InChI=1S/C14H19NO4/c1-14(2,3)9-6-4-5-7-10(9)15-11(13(18)19)8-12(16)17/h4-7,11,15H,8H2,1-3H3,(H,16,17)(H,18,19). The minimum absolute atomic E-state index is 0.157. The Morgan fingerprint density at radius 3 is 2.26 bits per heavy atom. The van der Waals surface area contributed by atoms with Crippen LogP contribution in [0.1, 0.15) is 32.8 Å². The minimum Gasteiger partial charge on any atom is -0.481 e. The molecule has 19 heavy (non-hydrogen) atoms. The Bertz CT molecular complexity index is 477. The van der Waals surface area contributed by atoms with Crippen molar-refractivity contribution in [2.45, 2.75) is 38.6 Å². The third kappa shape index (κ3) is 4.28. The van der Waals surface area contributed by atoms with Gasteiger partial charge in [0.2, 0.25) is 0 Å². The summed E-state index contributed by atoms with van der Waals surface area (Å²) in [5, 5.41) is 20.6. The van der Waals surface area contributed by atoms with Crippen molar-refractivity contribution in [2.24, 2.45) is 0 Å². The summed E-state index contributed by atoms with van der Waals surface area (Å²) in [5.74, 6) is -2.32. The highest BCUT2D eigenvalue weighted by molar-refractivity contribution is 5.83. The fourth-order valence-electron chi connectivity index (χ4n) is 1.83. The second-order valence-corrected chi connectivity index (χ2v) is 5.43.